The fourth-order valence-corrected chi connectivity index (χ4v) is 5.00. The maximum Gasteiger partial charge on any atom is 0.272 e. The zero-order valence-electron chi connectivity index (χ0n) is 22.1. The molecule has 1 aliphatic heterocycles. The highest BCUT2D eigenvalue weighted by Gasteiger charge is 2.32. The molecule has 1 fully saturated rings. The summed E-state index contributed by atoms with van der Waals surface area (Å²) >= 11 is 0. The predicted octanol–water partition coefficient (Wildman–Crippen LogP) is 6.51. The van der Waals surface area contributed by atoms with Crippen LogP contribution in [0.2, 0.25) is 0 Å². The lowest BCUT2D eigenvalue weighted by Crippen LogP contribution is -2.43. The number of amides is 2. The molecular formula is C30H28FN5O5. The maximum absolute atomic E-state index is 14.2. The largest absolute Gasteiger partial charge is 0.505 e. The van der Waals surface area contributed by atoms with Gasteiger partial charge < -0.3 is 19.9 Å². The summed E-state index contributed by atoms with van der Waals surface area (Å²) in [4.78, 5) is 32.1. The molecule has 1 heterocycles. The van der Waals surface area contributed by atoms with Gasteiger partial charge in [0.2, 0.25) is 6.79 Å². The molecule has 5 rings (SSSR count). The average molecular weight is 558 g/mol. The number of fused-ring (bicyclic) bond motifs is 1. The highest BCUT2D eigenvalue weighted by atomic mass is 19.1. The first-order valence-corrected chi connectivity index (χ1v) is 13.3. The summed E-state index contributed by atoms with van der Waals surface area (Å²) in [5.74, 6) is -1.41. The fourth-order valence-electron chi connectivity index (χ4n) is 5.00. The van der Waals surface area contributed by atoms with E-state index in [1.54, 1.807) is 24.3 Å². The van der Waals surface area contributed by atoms with Crippen LogP contribution in [-0.4, -0.2) is 34.7 Å². The standard InChI is InChI=1S/C30H28FN5O5/c31-21-13-10-19(11-14-21)17-36(30(39)23-8-4-5-9-24(23)34-35-32)27(29(38)33-22-6-2-1-3-7-22)28(37)20-12-15-25-26(16-20)41-18-40-25/h4-5,8-16,22,37H,1-3,6-7,17-18H2,(H,33,38)/b28-27+. The number of halogens is 1. The number of aliphatic hydroxyl groups is 1. The van der Waals surface area contributed by atoms with Gasteiger partial charge in [-0.05, 0) is 60.3 Å². The van der Waals surface area contributed by atoms with Crippen LogP contribution in [0.5, 0.6) is 11.5 Å². The van der Waals surface area contributed by atoms with E-state index in [0.717, 1.165) is 37.0 Å². The topological polar surface area (TPSA) is 137 Å². The molecule has 3 aromatic rings. The smallest absolute Gasteiger partial charge is 0.272 e. The van der Waals surface area contributed by atoms with Crippen molar-refractivity contribution >= 4 is 23.3 Å². The van der Waals surface area contributed by atoms with Crippen LogP contribution in [0.4, 0.5) is 10.1 Å². The Balaban J connectivity index is 1.65. The first-order chi connectivity index (χ1) is 19.9. The van der Waals surface area contributed by atoms with Crippen LogP contribution in [0.15, 0.2) is 77.5 Å². The third-order valence-corrected chi connectivity index (χ3v) is 7.08. The predicted molar refractivity (Wildman–Crippen MR) is 149 cm³/mol. The Kier molecular flexibility index (Phi) is 8.36. The Labute approximate surface area is 235 Å². The monoisotopic (exact) mass is 557 g/mol. The lowest BCUT2D eigenvalue weighted by molar-refractivity contribution is -0.119. The molecule has 1 saturated carbocycles. The number of nitrogens with zero attached hydrogens (tertiary/aromatic N) is 4. The lowest BCUT2D eigenvalue weighted by Gasteiger charge is -2.29. The van der Waals surface area contributed by atoms with Crippen molar-refractivity contribution in [3.05, 3.63) is 105 Å². The first-order valence-electron chi connectivity index (χ1n) is 13.3. The molecule has 10 nitrogen and oxygen atoms in total. The van der Waals surface area contributed by atoms with Gasteiger partial charge in [0, 0.05) is 22.1 Å². The zero-order chi connectivity index (χ0) is 28.8. The summed E-state index contributed by atoms with van der Waals surface area (Å²) < 4.78 is 24.6. The average Bonchev–Trinajstić information content (AvgIpc) is 3.46. The molecule has 2 amide bonds. The van der Waals surface area contributed by atoms with Gasteiger partial charge in [0.25, 0.3) is 11.8 Å². The van der Waals surface area contributed by atoms with Crippen LogP contribution >= 0.6 is 0 Å². The second-order valence-electron chi connectivity index (χ2n) is 9.80. The Morgan fingerprint density at radius 3 is 2.51 bits per heavy atom. The first kappa shape index (κ1) is 27.5. The molecule has 210 valence electrons. The van der Waals surface area contributed by atoms with Crippen molar-refractivity contribution in [2.45, 2.75) is 44.7 Å². The summed E-state index contributed by atoms with van der Waals surface area (Å²) in [7, 11) is 0. The molecule has 0 spiro atoms. The summed E-state index contributed by atoms with van der Waals surface area (Å²) in [6, 6.07) is 16.2. The molecule has 0 atom stereocenters. The van der Waals surface area contributed by atoms with Crippen molar-refractivity contribution < 1.29 is 28.6 Å². The van der Waals surface area contributed by atoms with Gasteiger partial charge in [-0.25, -0.2) is 4.39 Å². The van der Waals surface area contributed by atoms with Crippen LogP contribution in [0.3, 0.4) is 0 Å². The Morgan fingerprint density at radius 2 is 1.76 bits per heavy atom. The van der Waals surface area contributed by atoms with E-state index in [0.29, 0.717) is 17.1 Å². The van der Waals surface area contributed by atoms with E-state index in [9.17, 15) is 19.1 Å². The van der Waals surface area contributed by atoms with Gasteiger partial charge in [0.05, 0.1) is 12.2 Å². The van der Waals surface area contributed by atoms with Crippen LogP contribution in [-0.2, 0) is 11.3 Å². The number of azide groups is 1. The highest BCUT2D eigenvalue weighted by Crippen LogP contribution is 2.36. The van der Waals surface area contributed by atoms with Crippen LogP contribution < -0.4 is 14.8 Å². The number of nitrogens with one attached hydrogen (secondary N) is 1. The zero-order valence-corrected chi connectivity index (χ0v) is 22.1. The van der Waals surface area contributed by atoms with E-state index in [-0.39, 0.29) is 41.9 Å². The molecular weight excluding hydrogens is 529 g/mol. The van der Waals surface area contributed by atoms with Crippen LogP contribution in [0, 0.1) is 5.82 Å². The number of hydrogen-bond acceptors (Lipinski definition) is 6. The number of carbonyl (C=O) groups is 2. The van der Waals surface area contributed by atoms with Crippen molar-refractivity contribution in [3.8, 4) is 11.5 Å². The summed E-state index contributed by atoms with van der Waals surface area (Å²) in [6.45, 7) is -0.171. The van der Waals surface area contributed by atoms with Gasteiger partial charge in [0.15, 0.2) is 23.0 Å². The number of carbonyl (C=O) groups excluding carboxylic acids is 2. The maximum atomic E-state index is 14.2. The van der Waals surface area contributed by atoms with E-state index in [1.807, 2.05) is 0 Å². The number of rotatable bonds is 8. The summed E-state index contributed by atoms with van der Waals surface area (Å²) in [5.41, 5.74) is 9.58. The van der Waals surface area contributed by atoms with Crippen LogP contribution in [0.1, 0.15) is 53.6 Å². The molecule has 0 saturated heterocycles. The van der Waals surface area contributed by atoms with Crippen molar-refractivity contribution in [1.82, 2.24) is 10.2 Å². The number of hydrogen-bond donors (Lipinski definition) is 2. The number of aliphatic hydroxyl groups excluding tert-OH is 1. The molecule has 41 heavy (non-hydrogen) atoms. The van der Waals surface area contributed by atoms with Gasteiger partial charge in [0.1, 0.15) is 5.82 Å². The Hall–Kier alpha value is -5.02. The highest BCUT2D eigenvalue weighted by molar-refractivity contribution is 6.08. The van der Waals surface area contributed by atoms with Crippen molar-refractivity contribution in [2.24, 2.45) is 5.11 Å². The normalized spacial score (nSPS) is 15.0. The van der Waals surface area contributed by atoms with Gasteiger partial charge in [-0.2, -0.15) is 0 Å². The van der Waals surface area contributed by atoms with Crippen molar-refractivity contribution in [1.29, 1.82) is 0 Å². The minimum atomic E-state index is -0.696. The second-order valence-corrected chi connectivity index (χ2v) is 9.80. The molecule has 0 aromatic heterocycles. The van der Waals surface area contributed by atoms with Gasteiger partial charge >= 0.3 is 0 Å². The van der Waals surface area contributed by atoms with Crippen LogP contribution in [0.25, 0.3) is 16.2 Å². The van der Waals surface area contributed by atoms with Crippen molar-refractivity contribution in [3.63, 3.8) is 0 Å². The molecule has 2 aliphatic rings. The minimum absolute atomic E-state index is 0.0175. The summed E-state index contributed by atoms with van der Waals surface area (Å²) in [5, 5.41) is 18.3. The van der Waals surface area contributed by atoms with Gasteiger partial charge in [-0.3, -0.25) is 14.5 Å². The summed E-state index contributed by atoms with van der Waals surface area (Å²) in [6.07, 6.45) is 4.53. The van der Waals surface area contributed by atoms with Gasteiger partial charge in [-0.15, -0.1) is 0 Å². The van der Waals surface area contributed by atoms with E-state index < -0.39 is 23.4 Å². The van der Waals surface area contributed by atoms with E-state index in [4.69, 9.17) is 15.0 Å². The molecule has 0 bridgehead atoms. The van der Waals surface area contributed by atoms with Crippen molar-refractivity contribution in [2.75, 3.05) is 6.79 Å². The molecule has 0 unspecified atom stereocenters. The molecule has 0 radical (unpaired) electrons. The number of ether oxygens (including phenoxy) is 2. The molecule has 2 N–H and O–H groups in total. The third-order valence-electron chi connectivity index (χ3n) is 7.08. The third kappa shape index (κ3) is 6.26. The van der Waals surface area contributed by atoms with E-state index in [1.165, 1.54) is 42.5 Å². The quantitative estimate of drug-likeness (QED) is 0.107. The van der Waals surface area contributed by atoms with E-state index >= 15 is 0 Å². The molecule has 3 aromatic carbocycles. The minimum Gasteiger partial charge on any atom is -0.505 e. The fraction of sp³-hybridized carbons (Fsp3) is 0.267. The Bertz CT molecular complexity index is 1530. The molecule has 1 aliphatic carbocycles. The molecule has 11 heteroatoms. The second kappa shape index (κ2) is 12.4. The lowest BCUT2D eigenvalue weighted by atomic mass is 9.95. The van der Waals surface area contributed by atoms with E-state index in [2.05, 4.69) is 15.3 Å². The number of benzene rings is 3. The Morgan fingerprint density at radius 1 is 1.02 bits per heavy atom. The SMILES string of the molecule is [N-]=[N+]=Nc1ccccc1C(=O)N(Cc1ccc(F)cc1)/C(C(=O)NC1CCCCC1)=C(/O)c1ccc2c(c1)OCO2. The van der Waals surface area contributed by atoms with Gasteiger partial charge in [-0.1, -0.05) is 54.7 Å².